The minimum atomic E-state index is 0.764. The molecular weight excluding hydrogens is 352 g/mol. The predicted molar refractivity (Wildman–Crippen MR) is 129 cm³/mol. The fourth-order valence-electron chi connectivity index (χ4n) is 4.05. The molecule has 168 valence electrons. The highest BCUT2D eigenvalue weighted by molar-refractivity contribution is 5.13. The molecule has 1 nitrogen and oxygen atoms in total. The predicted octanol–water partition coefficient (Wildman–Crippen LogP) is 9.63. The molecule has 0 amide bonds. The van der Waals surface area contributed by atoms with Crippen molar-refractivity contribution in [3.8, 4) is 0 Å². The van der Waals surface area contributed by atoms with Gasteiger partial charge in [-0.25, -0.2) is 0 Å². The molecule has 1 aromatic rings. The van der Waals surface area contributed by atoms with Crippen LogP contribution in [-0.4, -0.2) is 6.61 Å². The number of hydrogen-bond acceptors (Lipinski definition) is 1. The maximum absolute atomic E-state index is 5.75. The van der Waals surface area contributed by atoms with Crippen molar-refractivity contribution in [2.45, 2.75) is 136 Å². The Morgan fingerprint density at radius 3 is 1.28 bits per heavy atom. The molecule has 1 rings (SSSR count). The minimum Gasteiger partial charge on any atom is -0.377 e. The van der Waals surface area contributed by atoms with Crippen LogP contribution in [0, 0.1) is 0 Å². The summed E-state index contributed by atoms with van der Waals surface area (Å²) in [5.74, 6) is 0. The van der Waals surface area contributed by atoms with Crippen molar-refractivity contribution >= 4 is 0 Å². The second-order valence-electron chi connectivity index (χ2n) is 8.90. The van der Waals surface area contributed by atoms with Crippen LogP contribution in [0.3, 0.4) is 0 Å². The molecule has 1 aromatic carbocycles. The van der Waals surface area contributed by atoms with Crippen molar-refractivity contribution in [3.63, 3.8) is 0 Å². The summed E-state index contributed by atoms with van der Waals surface area (Å²) in [6.45, 7) is 3.97. The smallest absolute Gasteiger partial charge is 0.0716 e. The Kier molecular flexibility index (Phi) is 19.8. The highest BCUT2D eigenvalue weighted by Gasteiger charge is 1.96. The Morgan fingerprint density at radius 2 is 0.862 bits per heavy atom. The Morgan fingerprint density at radius 1 is 0.483 bits per heavy atom. The Bertz CT molecular complexity index is 414. The summed E-state index contributed by atoms with van der Waals surface area (Å²) in [4.78, 5) is 0. The molecule has 29 heavy (non-hydrogen) atoms. The highest BCUT2D eigenvalue weighted by atomic mass is 16.5. The van der Waals surface area contributed by atoms with E-state index in [4.69, 9.17) is 4.74 Å². The van der Waals surface area contributed by atoms with Gasteiger partial charge in [0.05, 0.1) is 6.61 Å². The standard InChI is InChI=1S/C28H50O/c1-2-3-4-5-6-7-8-9-10-11-12-13-14-15-16-17-18-19-23-26-29-27-28-24-21-20-22-25-28/h20-22,24-25H,2-19,23,26-27H2,1H3. The first kappa shape index (κ1) is 26.2. The van der Waals surface area contributed by atoms with Crippen molar-refractivity contribution in [2.24, 2.45) is 0 Å². The van der Waals surface area contributed by atoms with Crippen molar-refractivity contribution in [3.05, 3.63) is 35.9 Å². The molecule has 0 unspecified atom stereocenters. The summed E-state index contributed by atoms with van der Waals surface area (Å²) in [5.41, 5.74) is 1.28. The fourth-order valence-corrected chi connectivity index (χ4v) is 4.05. The van der Waals surface area contributed by atoms with Gasteiger partial charge in [-0.3, -0.25) is 0 Å². The number of hydrogen-bond donors (Lipinski definition) is 0. The van der Waals surface area contributed by atoms with E-state index in [-0.39, 0.29) is 0 Å². The number of ether oxygens (including phenoxy) is 1. The van der Waals surface area contributed by atoms with Gasteiger partial charge in [-0.1, -0.05) is 153 Å². The van der Waals surface area contributed by atoms with Gasteiger partial charge in [0.15, 0.2) is 0 Å². The summed E-state index contributed by atoms with van der Waals surface area (Å²) in [5, 5.41) is 0. The molecule has 0 aromatic heterocycles. The number of rotatable bonds is 22. The zero-order chi connectivity index (χ0) is 20.7. The van der Waals surface area contributed by atoms with Crippen molar-refractivity contribution in [1.29, 1.82) is 0 Å². The monoisotopic (exact) mass is 402 g/mol. The van der Waals surface area contributed by atoms with Crippen molar-refractivity contribution in [1.82, 2.24) is 0 Å². The van der Waals surface area contributed by atoms with Gasteiger partial charge in [0.1, 0.15) is 0 Å². The first-order valence-corrected chi connectivity index (χ1v) is 13.0. The van der Waals surface area contributed by atoms with E-state index in [2.05, 4.69) is 37.3 Å². The van der Waals surface area contributed by atoms with Crippen LogP contribution in [0.25, 0.3) is 0 Å². The molecular formula is C28H50O. The van der Waals surface area contributed by atoms with Gasteiger partial charge in [-0.05, 0) is 12.0 Å². The second-order valence-corrected chi connectivity index (χ2v) is 8.90. The Balaban J connectivity index is 1.66. The quantitative estimate of drug-likeness (QED) is 0.175. The van der Waals surface area contributed by atoms with E-state index in [1.165, 1.54) is 128 Å². The van der Waals surface area contributed by atoms with Gasteiger partial charge < -0.3 is 4.74 Å². The zero-order valence-electron chi connectivity index (χ0n) is 19.6. The lowest BCUT2D eigenvalue weighted by Crippen LogP contribution is -1.95. The molecule has 0 aliphatic carbocycles. The lowest BCUT2D eigenvalue weighted by atomic mass is 10.0. The molecule has 1 heteroatoms. The van der Waals surface area contributed by atoms with Crippen LogP contribution in [0.5, 0.6) is 0 Å². The van der Waals surface area contributed by atoms with Gasteiger partial charge in [0, 0.05) is 6.61 Å². The van der Waals surface area contributed by atoms with E-state index in [0.29, 0.717) is 0 Å². The number of benzene rings is 1. The largest absolute Gasteiger partial charge is 0.377 e. The molecule has 0 aliphatic heterocycles. The third-order valence-corrected chi connectivity index (χ3v) is 6.00. The van der Waals surface area contributed by atoms with E-state index >= 15 is 0 Å². The van der Waals surface area contributed by atoms with Crippen LogP contribution in [-0.2, 0) is 11.3 Å². The highest BCUT2D eigenvalue weighted by Crippen LogP contribution is 2.14. The maximum Gasteiger partial charge on any atom is 0.0716 e. The van der Waals surface area contributed by atoms with Crippen LogP contribution in [0.15, 0.2) is 30.3 Å². The average Bonchev–Trinajstić information content (AvgIpc) is 2.75. The van der Waals surface area contributed by atoms with Crippen LogP contribution in [0.1, 0.15) is 134 Å². The van der Waals surface area contributed by atoms with Crippen LogP contribution in [0.4, 0.5) is 0 Å². The minimum absolute atomic E-state index is 0.764. The van der Waals surface area contributed by atoms with Gasteiger partial charge in [0.2, 0.25) is 0 Å². The second kappa shape index (κ2) is 21.9. The van der Waals surface area contributed by atoms with E-state index < -0.39 is 0 Å². The third kappa shape index (κ3) is 18.9. The van der Waals surface area contributed by atoms with Crippen LogP contribution >= 0.6 is 0 Å². The summed E-state index contributed by atoms with van der Waals surface area (Å²) >= 11 is 0. The Hall–Kier alpha value is -0.820. The lowest BCUT2D eigenvalue weighted by molar-refractivity contribution is 0.116. The molecule has 0 spiro atoms. The van der Waals surface area contributed by atoms with Crippen molar-refractivity contribution in [2.75, 3.05) is 6.61 Å². The van der Waals surface area contributed by atoms with Crippen LogP contribution in [0.2, 0.25) is 0 Å². The SMILES string of the molecule is CCCCCCCCCCCCCCCCCCCCCOCc1ccccc1. The molecule has 0 bridgehead atoms. The fraction of sp³-hybridized carbons (Fsp3) is 0.786. The number of unbranched alkanes of at least 4 members (excludes halogenated alkanes) is 18. The van der Waals surface area contributed by atoms with Gasteiger partial charge in [-0.15, -0.1) is 0 Å². The topological polar surface area (TPSA) is 9.23 Å². The summed E-state index contributed by atoms with van der Waals surface area (Å²) in [6.07, 6.45) is 27.2. The van der Waals surface area contributed by atoms with E-state index in [1.807, 2.05) is 0 Å². The maximum atomic E-state index is 5.75. The molecule has 0 radical (unpaired) electrons. The molecule has 0 saturated heterocycles. The molecule has 0 aliphatic rings. The molecule has 0 saturated carbocycles. The molecule has 0 N–H and O–H groups in total. The summed E-state index contributed by atoms with van der Waals surface area (Å²) < 4.78 is 5.75. The summed E-state index contributed by atoms with van der Waals surface area (Å²) in [7, 11) is 0. The van der Waals surface area contributed by atoms with Crippen molar-refractivity contribution < 1.29 is 4.74 Å². The van der Waals surface area contributed by atoms with Gasteiger partial charge in [0.25, 0.3) is 0 Å². The first-order valence-electron chi connectivity index (χ1n) is 13.0. The average molecular weight is 403 g/mol. The summed E-state index contributed by atoms with van der Waals surface area (Å²) in [6, 6.07) is 10.5. The van der Waals surface area contributed by atoms with E-state index in [9.17, 15) is 0 Å². The zero-order valence-corrected chi connectivity index (χ0v) is 19.6. The van der Waals surface area contributed by atoms with E-state index in [1.54, 1.807) is 0 Å². The van der Waals surface area contributed by atoms with Gasteiger partial charge in [-0.2, -0.15) is 0 Å². The Labute approximate surface area is 183 Å². The third-order valence-electron chi connectivity index (χ3n) is 6.00. The van der Waals surface area contributed by atoms with Gasteiger partial charge >= 0.3 is 0 Å². The van der Waals surface area contributed by atoms with E-state index in [0.717, 1.165) is 13.2 Å². The first-order chi connectivity index (χ1) is 14.4. The molecule has 0 atom stereocenters. The van der Waals surface area contributed by atoms with Crippen LogP contribution < -0.4 is 0 Å². The normalized spacial score (nSPS) is 11.2. The molecule has 0 heterocycles. The lowest BCUT2D eigenvalue weighted by Gasteiger charge is -2.05. The molecule has 0 fully saturated rings.